The van der Waals surface area contributed by atoms with Crippen molar-refractivity contribution in [3.05, 3.63) is 29.8 Å². The van der Waals surface area contributed by atoms with E-state index < -0.39 is 5.97 Å². The number of carboxylic acid groups (broad SMARTS) is 1. The van der Waals surface area contributed by atoms with Gasteiger partial charge in [-0.25, -0.2) is 0 Å². The second-order valence-corrected chi connectivity index (χ2v) is 5.45. The first-order chi connectivity index (χ1) is 9.49. The molecular weight excluding hydrogens is 254 g/mol. The van der Waals surface area contributed by atoms with Crippen molar-refractivity contribution in [3.8, 4) is 5.75 Å². The third-order valence-corrected chi connectivity index (χ3v) is 2.98. The molecule has 0 radical (unpaired) electrons. The van der Waals surface area contributed by atoms with Crippen molar-refractivity contribution < 1.29 is 14.6 Å². The van der Waals surface area contributed by atoms with Crippen LogP contribution in [0.3, 0.4) is 0 Å². The van der Waals surface area contributed by atoms with Crippen LogP contribution in [0.25, 0.3) is 0 Å². The van der Waals surface area contributed by atoms with E-state index in [9.17, 15) is 4.79 Å². The minimum atomic E-state index is -0.744. The molecular formula is C16H25NO3. The lowest BCUT2D eigenvalue weighted by atomic mass is 10.1. The van der Waals surface area contributed by atoms with E-state index in [4.69, 9.17) is 9.84 Å². The Balaban J connectivity index is 2.37. The Morgan fingerprint density at radius 3 is 2.45 bits per heavy atom. The molecule has 4 heteroatoms. The fourth-order valence-electron chi connectivity index (χ4n) is 1.79. The molecule has 0 saturated carbocycles. The average molecular weight is 279 g/mol. The van der Waals surface area contributed by atoms with E-state index in [1.165, 1.54) is 5.56 Å². The van der Waals surface area contributed by atoms with Crippen molar-refractivity contribution >= 4 is 5.97 Å². The van der Waals surface area contributed by atoms with E-state index in [0.717, 1.165) is 12.4 Å². The second kappa shape index (κ2) is 8.59. The standard InChI is InChI=1S/C16H25NO3/c1-12(2)11-20-15-8-6-14(7-9-15)13(3)17-10-4-5-16(18)19/h6-9,12-13,17H,4-5,10-11H2,1-3H3,(H,18,19). The summed E-state index contributed by atoms with van der Waals surface area (Å²) in [5.74, 6) is 0.663. The summed E-state index contributed by atoms with van der Waals surface area (Å²) in [6.07, 6.45) is 0.858. The highest BCUT2D eigenvalue weighted by Gasteiger charge is 2.05. The number of aliphatic carboxylic acids is 1. The molecule has 0 amide bonds. The number of carboxylic acids is 1. The smallest absolute Gasteiger partial charge is 0.303 e. The molecule has 1 rings (SSSR count). The Hall–Kier alpha value is -1.55. The van der Waals surface area contributed by atoms with Gasteiger partial charge in [0.2, 0.25) is 0 Å². The largest absolute Gasteiger partial charge is 0.493 e. The molecule has 20 heavy (non-hydrogen) atoms. The molecule has 0 aliphatic heterocycles. The predicted molar refractivity (Wildman–Crippen MR) is 80.1 cm³/mol. The van der Waals surface area contributed by atoms with Gasteiger partial charge >= 0.3 is 5.97 Å². The Morgan fingerprint density at radius 1 is 1.25 bits per heavy atom. The maximum atomic E-state index is 10.4. The molecule has 0 heterocycles. The first-order valence-electron chi connectivity index (χ1n) is 7.17. The molecule has 0 aromatic heterocycles. The van der Waals surface area contributed by atoms with Crippen molar-refractivity contribution in [2.75, 3.05) is 13.2 Å². The fourth-order valence-corrected chi connectivity index (χ4v) is 1.79. The van der Waals surface area contributed by atoms with Gasteiger partial charge in [-0.2, -0.15) is 0 Å². The predicted octanol–water partition coefficient (Wildman–Crippen LogP) is 3.24. The number of hydrogen-bond donors (Lipinski definition) is 2. The zero-order chi connectivity index (χ0) is 15.0. The molecule has 0 spiro atoms. The maximum absolute atomic E-state index is 10.4. The molecule has 1 aromatic carbocycles. The summed E-state index contributed by atoms with van der Waals surface area (Å²) < 4.78 is 5.64. The Kier molecular flexibility index (Phi) is 7.09. The average Bonchev–Trinajstić information content (AvgIpc) is 2.41. The molecule has 112 valence electrons. The summed E-state index contributed by atoms with van der Waals surface area (Å²) in [7, 11) is 0. The zero-order valence-electron chi connectivity index (χ0n) is 12.6. The van der Waals surface area contributed by atoms with Crippen LogP contribution >= 0.6 is 0 Å². The Bertz CT molecular complexity index is 401. The first kappa shape index (κ1) is 16.5. The molecule has 1 aromatic rings. The monoisotopic (exact) mass is 279 g/mol. The van der Waals surface area contributed by atoms with Crippen molar-refractivity contribution in [3.63, 3.8) is 0 Å². The minimum Gasteiger partial charge on any atom is -0.493 e. The lowest BCUT2D eigenvalue weighted by Gasteiger charge is -2.15. The Labute approximate surface area is 121 Å². The SMILES string of the molecule is CC(C)COc1ccc(C(C)NCCCC(=O)O)cc1. The summed E-state index contributed by atoms with van der Waals surface area (Å²) in [6.45, 7) is 7.75. The maximum Gasteiger partial charge on any atom is 0.303 e. The summed E-state index contributed by atoms with van der Waals surface area (Å²) >= 11 is 0. The fraction of sp³-hybridized carbons (Fsp3) is 0.562. The van der Waals surface area contributed by atoms with E-state index >= 15 is 0 Å². The molecule has 1 unspecified atom stereocenters. The highest BCUT2D eigenvalue weighted by Crippen LogP contribution is 2.18. The molecule has 0 aliphatic carbocycles. The highest BCUT2D eigenvalue weighted by molar-refractivity contribution is 5.66. The van der Waals surface area contributed by atoms with Gasteiger partial charge in [-0.15, -0.1) is 0 Å². The van der Waals surface area contributed by atoms with Crippen LogP contribution in [-0.2, 0) is 4.79 Å². The van der Waals surface area contributed by atoms with Crippen molar-refractivity contribution in [1.82, 2.24) is 5.32 Å². The first-order valence-corrected chi connectivity index (χ1v) is 7.17. The van der Waals surface area contributed by atoms with E-state index in [-0.39, 0.29) is 12.5 Å². The normalized spacial score (nSPS) is 12.4. The Morgan fingerprint density at radius 2 is 1.90 bits per heavy atom. The second-order valence-electron chi connectivity index (χ2n) is 5.45. The molecule has 0 saturated heterocycles. The number of nitrogens with one attached hydrogen (secondary N) is 1. The van der Waals surface area contributed by atoms with Crippen LogP contribution in [-0.4, -0.2) is 24.2 Å². The quantitative estimate of drug-likeness (QED) is 0.681. The van der Waals surface area contributed by atoms with Gasteiger partial charge in [0.1, 0.15) is 5.75 Å². The lowest BCUT2D eigenvalue weighted by Crippen LogP contribution is -2.20. The summed E-state index contributed by atoms with van der Waals surface area (Å²) in [6, 6.07) is 8.26. The van der Waals surface area contributed by atoms with Crippen molar-refractivity contribution in [1.29, 1.82) is 0 Å². The number of ether oxygens (including phenoxy) is 1. The molecule has 2 N–H and O–H groups in total. The number of rotatable bonds is 9. The van der Waals surface area contributed by atoms with E-state index in [0.29, 0.717) is 18.9 Å². The van der Waals surface area contributed by atoms with Gasteiger partial charge in [0.15, 0.2) is 0 Å². The highest BCUT2D eigenvalue weighted by atomic mass is 16.5. The van der Waals surface area contributed by atoms with Crippen LogP contribution in [0.15, 0.2) is 24.3 Å². The number of benzene rings is 1. The minimum absolute atomic E-state index is 0.210. The number of hydrogen-bond acceptors (Lipinski definition) is 3. The lowest BCUT2D eigenvalue weighted by molar-refractivity contribution is -0.137. The third-order valence-electron chi connectivity index (χ3n) is 2.98. The molecule has 0 fully saturated rings. The van der Waals surface area contributed by atoms with Gasteiger partial charge in [-0.05, 0) is 43.5 Å². The van der Waals surface area contributed by atoms with Crippen molar-refractivity contribution in [2.45, 2.75) is 39.7 Å². The van der Waals surface area contributed by atoms with Crippen molar-refractivity contribution in [2.24, 2.45) is 5.92 Å². The van der Waals surface area contributed by atoms with E-state index in [1.54, 1.807) is 0 Å². The van der Waals surface area contributed by atoms with Crippen LogP contribution in [0.5, 0.6) is 5.75 Å². The van der Waals surface area contributed by atoms with Gasteiger partial charge < -0.3 is 15.2 Å². The van der Waals surface area contributed by atoms with Gasteiger partial charge in [0.25, 0.3) is 0 Å². The molecule has 4 nitrogen and oxygen atoms in total. The van der Waals surface area contributed by atoms with Crippen LogP contribution in [0.4, 0.5) is 0 Å². The summed E-state index contributed by atoms with van der Waals surface area (Å²) in [5.41, 5.74) is 1.18. The van der Waals surface area contributed by atoms with E-state index in [1.807, 2.05) is 24.3 Å². The van der Waals surface area contributed by atoms with Gasteiger partial charge in [-0.3, -0.25) is 4.79 Å². The van der Waals surface area contributed by atoms with Crippen LogP contribution in [0, 0.1) is 5.92 Å². The molecule has 0 bridgehead atoms. The van der Waals surface area contributed by atoms with Crippen LogP contribution in [0.1, 0.15) is 45.2 Å². The number of carbonyl (C=O) groups is 1. The van der Waals surface area contributed by atoms with Gasteiger partial charge in [0, 0.05) is 12.5 Å². The zero-order valence-corrected chi connectivity index (χ0v) is 12.6. The summed E-state index contributed by atoms with van der Waals surface area (Å²) in [4.78, 5) is 10.4. The van der Waals surface area contributed by atoms with Crippen LogP contribution in [0.2, 0.25) is 0 Å². The molecule has 0 aliphatic rings. The van der Waals surface area contributed by atoms with Crippen LogP contribution < -0.4 is 10.1 Å². The third kappa shape index (κ3) is 6.57. The van der Waals surface area contributed by atoms with E-state index in [2.05, 4.69) is 26.1 Å². The van der Waals surface area contributed by atoms with Gasteiger partial charge in [-0.1, -0.05) is 26.0 Å². The topological polar surface area (TPSA) is 58.6 Å². The van der Waals surface area contributed by atoms with Gasteiger partial charge in [0.05, 0.1) is 6.61 Å². The molecule has 1 atom stereocenters. The summed E-state index contributed by atoms with van der Waals surface area (Å²) in [5, 5.41) is 11.9.